The van der Waals surface area contributed by atoms with Gasteiger partial charge >= 0.3 is 0 Å². The van der Waals surface area contributed by atoms with Crippen molar-refractivity contribution in [3.8, 4) is 0 Å². The Hall–Kier alpha value is -0.120. The Morgan fingerprint density at radius 1 is 1.00 bits per heavy atom. The third-order valence-corrected chi connectivity index (χ3v) is 3.80. The summed E-state index contributed by atoms with van der Waals surface area (Å²) in [4.78, 5) is 0. The monoisotopic (exact) mass is 216 g/mol. The fourth-order valence-electron chi connectivity index (χ4n) is 3.01. The second kappa shape index (κ2) is 3.44. The molecule has 3 nitrogen and oxygen atoms in total. The molecule has 0 heterocycles. The molecule has 1 aliphatic carbocycles. The van der Waals surface area contributed by atoms with Crippen molar-refractivity contribution < 1.29 is 15.3 Å². The van der Waals surface area contributed by atoms with E-state index in [2.05, 4.69) is 0 Å². The average molecular weight is 216 g/mol. The van der Waals surface area contributed by atoms with E-state index in [0.29, 0.717) is 12.8 Å². The summed E-state index contributed by atoms with van der Waals surface area (Å²) in [6.07, 6.45) is 0.881. The predicted molar refractivity (Wildman–Crippen MR) is 59.1 cm³/mol. The van der Waals surface area contributed by atoms with Crippen molar-refractivity contribution in [2.45, 2.75) is 59.4 Å². The zero-order valence-corrected chi connectivity index (χ0v) is 10.4. The molecule has 0 bridgehead atoms. The van der Waals surface area contributed by atoms with Crippen LogP contribution in [0.5, 0.6) is 0 Å². The number of hydrogen-bond acceptors (Lipinski definition) is 3. The van der Waals surface area contributed by atoms with Gasteiger partial charge in [-0.15, -0.1) is 0 Å². The Morgan fingerprint density at radius 2 is 1.33 bits per heavy atom. The summed E-state index contributed by atoms with van der Waals surface area (Å²) >= 11 is 0. The summed E-state index contributed by atoms with van der Waals surface area (Å²) in [6.45, 7) is 9.37. The van der Waals surface area contributed by atoms with Crippen molar-refractivity contribution in [1.29, 1.82) is 0 Å². The maximum absolute atomic E-state index is 10.2. The Balaban J connectivity index is 2.94. The van der Waals surface area contributed by atoms with Crippen molar-refractivity contribution in [2.24, 2.45) is 16.7 Å². The smallest absolute Gasteiger partial charge is 0.162 e. The van der Waals surface area contributed by atoms with Gasteiger partial charge in [-0.1, -0.05) is 27.7 Å². The van der Waals surface area contributed by atoms with Gasteiger partial charge in [-0.05, 0) is 30.6 Å². The Morgan fingerprint density at radius 3 is 1.60 bits per heavy atom. The molecule has 0 aromatic heterocycles. The lowest BCUT2D eigenvalue weighted by Gasteiger charge is -2.51. The van der Waals surface area contributed by atoms with Gasteiger partial charge in [0.1, 0.15) is 0 Å². The molecule has 0 atom stereocenters. The van der Waals surface area contributed by atoms with Crippen molar-refractivity contribution in [3.05, 3.63) is 0 Å². The van der Waals surface area contributed by atoms with E-state index in [4.69, 9.17) is 0 Å². The zero-order valence-electron chi connectivity index (χ0n) is 10.4. The SMILES string of the molecule is CC(O)(O)C1CC(C)(C)C(O)C(C)(C)C1. The third kappa shape index (κ3) is 2.52. The standard InChI is InChI=1S/C12H24O3/c1-10(2)6-8(12(5,14)15)7-11(3,4)9(10)13/h8-9,13-15H,6-7H2,1-5H3. The molecule has 0 unspecified atom stereocenters. The lowest BCUT2D eigenvalue weighted by atomic mass is 9.58. The van der Waals surface area contributed by atoms with Gasteiger partial charge in [0.05, 0.1) is 6.10 Å². The summed E-state index contributed by atoms with van der Waals surface area (Å²) < 4.78 is 0. The largest absolute Gasteiger partial charge is 0.392 e. The number of hydrogen-bond donors (Lipinski definition) is 3. The van der Waals surface area contributed by atoms with Gasteiger partial charge in [0.25, 0.3) is 0 Å². The predicted octanol–water partition coefficient (Wildman–Crippen LogP) is 1.51. The minimum atomic E-state index is -1.64. The molecule has 1 aliphatic rings. The molecule has 1 rings (SSSR count). The lowest BCUT2D eigenvalue weighted by Crippen LogP contribution is -2.53. The molecule has 0 aromatic rings. The first-order valence-corrected chi connectivity index (χ1v) is 5.60. The van der Waals surface area contributed by atoms with Crippen LogP contribution in [-0.2, 0) is 0 Å². The summed E-state index contributed by atoms with van der Waals surface area (Å²) in [5, 5.41) is 29.5. The first kappa shape index (κ1) is 12.9. The highest BCUT2D eigenvalue weighted by atomic mass is 16.5. The van der Waals surface area contributed by atoms with E-state index in [-0.39, 0.29) is 16.7 Å². The van der Waals surface area contributed by atoms with E-state index in [1.165, 1.54) is 6.92 Å². The third-order valence-electron chi connectivity index (χ3n) is 3.80. The second-order valence-electron chi connectivity index (χ2n) is 6.58. The Bertz CT molecular complexity index is 220. The van der Waals surface area contributed by atoms with Gasteiger partial charge in [-0.25, -0.2) is 0 Å². The summed E-state index contributed by atoms with van der Waals surface area (Å²) in [7, 11) is 0. The zero-order chi connectivity index (χ0) is 12.1. The van der Waals surface area contributed by atoms with Gasteiger partial charge in [-0.2, -0.15) is 0 Å². The fraction of sp³-hybridized carbons (Fsp3) is 1.00. The van der Waals surface area contributed by atoms with E-state index in [1.54, 1.807) is 0 Å². The molecular formula is C12H24O3. The first-order valence-electron chi connectivity index (χ1n) is 5.60. The molecule has 1 fully saturated rings. The van der Waals surface area contributed by atoms with Crippen LogP contribution in [0.3, 0.4) is 0 Å². The second-order valence-corrected chi connectivity index (χ2v) is 6.58. The molecule has 0 spiro atoms. The van der Waals surface area contributed by atoms with E-state index < -0.39 is 11.9 Å². The highest BCUT2D eigenvalue weighted by Gasteiger charge is 2.50. The van der Waals surface area contributed by atoms with E-state index >= 15 is 0 Å². The van der Waals surface area contributed by atoms with Crippen LogP contribution in [0, 0.1) is 16.7 Å². The van der Waals surface area contributed by atoms with Gasteiger partial charge in [0.15, 0.2) is 5.79 Å². The first-order chi connectivity index (χ1) is 6.47. The van der Waals surface area contributed by atoms with Crippen molar-refractivity contribution >= 4 is 0 Å². The molecule has 1 saturated carbocycles. The molecule has 0 aliphatic heterocycles. The van der Waals surface area contributed by atoms with Crippen molar-refractivity contribution in [2.75, 3.05) is 0 Å². The normalized spacial score (nSPS) is 35.2. The summed E-state index contributed by atoms with van der Waals surface area (Å²) in [5.41, 5.74) is -0.529. The molecule has 90 valence electrons. The molecule has 3 heteroatoms. The molecule has 0 amide bonds. The van der Waals surface area contributed by atoms with Crippen LogP contribution in [0.25, 0.3) is 0 Å². The topological polar surface area (TPSA) is 60.7 Å². The molecular weight excluding hydrogens is 192 g/mol. The van der Waals surface area contributed by atoms with Crippen LogP contribution >= 0.6 is 0 Å². The highest BCUT2D eigenvalue weighted by molar-refractivity contribution is 4.98. The number of rotatable bonds is 1. The summed E-state index contributed by atoms with van der Waals surface area (Å²) in [6, 6.07) is 0. The van der Waals surface area contributed by atoms with E-state index in [0.717, 1.165) is 0 Å². The van der Waals surface area contributed by atoms with E-state index in [1.807, 2.05) is 27.7 Å². The van der Waals surface area contributed by atoms with Crippen molar-refractivity contribution in [3.63, 3.8) is 0 Å². The van der Waals surface area contributed by atoms with Crippen LogP contribution in [0.2, 0.25) is 0 Å². The maximum atomic E-state index is 10.2. The maximum Gasteiger partial charge on any atom is 0.162 e. The number of aliphatic hydroxyl groups excluding tert-OH is 1. The van der Waals surface area contributed by atoms with Crippen LogP contribution in [0.1, 0.15) is 47.5 Å². The molecule has 0 saturated heterocycles. The minimum Gasteiger partial charge on any atom is -0.392 e. The molecule has 15 heavy (non-hydrogen) atoms. The van der Waals surface area contributed by atoms with Crippen LogP contribution < -0.4 is 0 Å². The fourth-order valence-corrected chi connectivity index (χ4v) is 3.01. The number of aliphatic hydroxyl groups is 3. The van der Waals surface area contributed by atoms with Gasteiger partial charge < -0.3 is 15.3 Å². The quantitative estimate of drug-likeness (QED) is 0.582. The van der Waals surface area contributed by atoms with E-state index in [9.17, 15) is 15.3 Å². The van der Waals surface area contributed by atoms with Crippen molar-refractivity contribution in [1.82, 2.24) is 0 Å². The minimum absolute atomic E-state index is 0.175. The van der Waals surface area contributed by atoms with Crippen LogP contribution in [-0.4, -0.2) is 27.2 Å². The van der Waals surface area contributed by atoms with Crippen LogP contribution in [0.15, 0.2) is 0 Å². The molecule has 0 radical (unpaired) electrons. The van der Waals surface area contributed by atoms with Gasteiger partial charge in [-0.3, -0.25) is 0 Å². The highest BCUT2D eigenvalue weighted by Crippen LogP contribution is 2.50. The summed E-state index contributed by atoms with van der Waals surface area (Å²) in [5.74, 6) is -1.82. The molecule has 3 N–H and O–H groups in total. The van der Waals surface area contributed by atoms with Gasteiger partial charge in [0.2, 0.25) is 0 Å². The Kier molecular flexibility index (Phi) is 2.97. The molecule has 0 aromatic carbocycles. The lowest BCUT2D eigenvalue weighted by molar-refractivity contribution is -0.226. The Labute approximate surface area is 92.1 Å². The van der Waals surface area contributed by atoms with Crippen LogP contribution in [0.4, 0.5) is 0 Å². The average Bonchev–Trinajstić information content (AvgIpc) is 1.97. The van der Waals surface area contributed by atoms with Gasteiger partial charge in [0, 0.05) is 5.92 Å².